The highest BCUT2D eigenvalue weighted by atomic mass is 35.5. The molecule has 1 aliphatic rings. The zero-order chi connectivity index (χ0) is 12.3. The Kier molecular flexibility index (Phi) is 8.47. The van der Waals surface area contributed by atoms with E-state index in [1.807, 2.05) is 0 Å². The Labute approximate surface area is 129 Å². The zero-order valence-electron chi connectivity index (χ0n) is 11.8. The van der Waals surface area contributed by atoms with Gasteiger partial charge in [-0.1, -0.05) is 26.0 Å². The van der Waals surface area contributed by atoms with Gasteiger partial charge in [-0.3, -0.25) is 0 Å². The molecule has 1 unspecified atom stereocenters. The molecule has 4 heteroatoms. The standard InChI is InChI=1S/C15H24N2.2ClH/c1-12(2)15(16)13-6-8-14(9-7-13)17-10-4-3-5-11-17;;/h6-9,12,15H,3-5,10-11,16H2,1-2H3;2*1H. The highest BCUT2D eigenvalue weighted by molar-refractivity contribution is 5.85. The summed E-state index contributed by atoms with van der Waals surface area (Å²) in [4.78, 5) is 2.48. The van der Waals surface area contributed by atoms with Crippen LogP contribution in [0.3, 0.4) is 0 Å². The minimum absolute atomic E-state index is 0. The molecule has 19 heavy (non-hydrogen) atoms. The molecular weight excluding hydrogens is 279 g/mol. The summed E-state index contributed by atoms with van der Waals surface area (Å²) in [6, 6.07) is 8.99. The molecule has 2 nitrogen and oxygen atoms in total. The van der Waals surface area contributed by atoms with Crippen LogP contribution in [0.15, 0.2) is 24.3 Å². The summed E-state index contributed by atoms with van der Waals surface area (Å²) in [5.41, 5.74) is 8.75. The third-order valence-electron chi connectivity index (χ3n) is 3.72. The van der Waals surface area contributed by atoms with E-state index in [0.29, 0.717) is 5.92 Å². The molecular formula is C15H26Cl2N2. The summed E-state index contributed by atoms with van der Waals surface area (Å²) in [6.45, 7) is 6.75. The first kappa shape index (κ1) is 18.6. The minimum Gasteiger partial charge on any atom is -0.372 e. The van der Waals surface area contributed by atoms with E-state index in [9.17, 15) is 0 Å². The number of hydrogen-bond acceptors (Lipinski definition) is 2. The van der Waals surface area contributed by atoms with E-state index < -0.39 is 0 Å². The highest BCUT2D eigenvalue weighted by Gasteiger charge is 2.13. The monoisotopic (exact) mass is 304 g/mol. The van der Waals surface area contributed by atoms with Gasteiger partial charge >= 0.3 is 0 Å². The maximum atomic E-state index is 6.15. The topological polar surface area (TPSA) is 29.3 Å². The molecule has 1 aromatic rings. The number of rotatable bonds is 3. The van der Waals surface area contributed by atoms with Crippen LogP contribution in [0.1, 0.15) is 44.7 Å². The van der Waals surface area contributed by atoms with E-state index in [4.69, 9.17) is 5.73 Å². The average Bonchev–Trinajstić information content (AvgIpc) is 2.39. The van der Waals surface area contributed by atoms with Crippen molar-refractivity contribution in [3.05, 3.63) is 29.8 Å². The van der Waals surface area contributed by atoms with Crippen molar-refractivity contribution >= 4 is 30.5 Å². The smallest absolute Gasteiger partial charge is 0.0366 e. The zero-order valence-corrected chi connectivity index (χ0v) is 13.5. The van der Waals surface area contributed by atoms with Crippen LogP contribution in [-0.4, -0.2) is 13.1 Å². The number of anilines is 1. The van der Waals surface area contributed by atoms with Gasteiger partial charge in [0.25, 0.3) is 0 Å². The fourth-order valence-electron chi connectivity index (χ4n) is 2.44. The van der Waals surface area contributed by atoms with Crippen molar-refractivity contribution in [2.24, 2.45) is 11.7 Å². The van der Waals surface area contributed by atoms with Gasteiger partial charge in [0.2, 0.25) is 0 Å². The SMILES string of the molecule is CC(C)C(N)c1ccc(N2CCCCC2)cc1.Cl.Cl. The number of hydrogen-bond donors (Lipinski definition) is 1. The van der Waals surface area contributed by atoms with E-state index >= 15 is 0 Å². The third-order valence-corrected chi connectivity index (χ3v) is 3.72. The molecule has 0 aliphatic carbocycles. The van der Waals surface area contributed by atoms with Crippen molar-refractivity contribution in [2.75, 3.05) is 18.0 Å². The van der Waals surface area contributed by atoms with Crippen molar-refractivity contribution in [1.82, 2.24) is 0 Å². The first-order valence-corrected chi connectivity index (χ1v) is 6.79. The number of piperidine rings is 1. The lowest BCUT2D eigenvalue weighted by molar-refractivity contribution is 0.514. The molecule has 0 bridgehead atoms. The van der Waals surface area contributed by atoms with Crippen molar-refractivity contribution in [3.63, 3.8) is 0 Å². The van der Waals surface area contributed by atoms with Crippen molar-refractivity contribution < 1.29 is 0 Å². The lowest BCUT2D eigenvalue weighted by Crippen LogP contribution is -2.29. The van der Waals surface area contributed by atoms with Gasteiger partial charge in [-0.05, 0) is 42.9 Å². The molecule has 1 saturated heterocycles. The van der Waals surface area contributed by atoms with Gasteiger partial charge in [-0.25, -0.2) is 0 Å². The largest absolute Gasteiger partial charge is 0.372 e. The summed E-state index contributed by atoms with van der Waals surface area (Å²) in [6.07, 6.45) is 4.04. The lowest BCUT2D eigenvalue weighted by atomic mass is 9.97. The van der Waals surface area contributed by atoms with Crippen LogP contribution >= 0.6 is 24.8 Å². The fraction of sp³-hybridized carbons (Fsp3) is 0.600. The lowest BCUT2D eigenvalue weighted by Gasteiger charge is -2.29. The van der Waals surface area contributed by atoms with Crippen molar-refractivity contribution in [1.29, 1.82) is 0 Å². The quantitative estimate of drug-likeness (QED) is 0.908. The Balaban J connectivity index is 0.00000162. The molecule has 1 atom stereocenters. The minimum atomic E-state index is 0. The molecule has 0 aromatic heterocycles. The highest BCUT2D eigenvalue weighted by Crippen LogP contribution is 2.24. The maximum absolute atomic E-state index is 6.15. The van der Waals surface area contributed by atoms with Crippen LogP contribution in [0, 0.1) is 5.92 Å². The second-order valence-corrected chi connectivity index (χ2v) is 5.41. The Morgan fingerprint density at radius 1 is 0.947 bits per heavy atom. The van der Waals surface area contributed by atoms with E-state index in [2.05, 4.69) is 43.0 Å². The Morgan fingerprint density at radius 2 is 1.47 bits per heavy atom. The second-order valence-electron chi connectivity index (χ2n) is 5.41. The molecule has 0 radical (unpaired) electrons. The van der Waals surface area contributed by atoms with Gasteiger partial charge in [-0.15, -0.1) is 24.8 Å². The summed E-state index contributed by atoms with van der Waals surface area (Å²) in [5.74, 6) is 0.496. The Morgan fingerprint density at radius 3 is 1.95 bits per heavy atom. The summed E-state index contributed by atoms with van der Waals surface area (Å²) >= 11 is 0. The third kappa shape index (κ3) is 4.87. The molecule has 0 amide bonds. The number of nitrogens with two attached hydrogens (primary N) is 1. The Hall–Kier alpha value is -0.440. The van der Waals surface area contributed by atoms with E-state index in [0.717, 1.165) is 0 Å². The first-order chi connectivity index (χ1) is 8.18. The van der Waals surface area contributed by atoms with Gasteiger partial charge in [0.05, 0.1) is 0 Å². The maximum Gasteiger partial charge on any atom is 0.0366 e. The predicted octanol–water partition coefficient (Wildman–Crippen LogP) is 4.18. The fourth-order valence-corrected chi connectivity index (χ4v) is 2.44. The molecule has 2 N–H and O–H groups in total. The average molecular weight is 305 g/mol. The van der Waals surface area contributed by atoms with Gasteiger partial charge in [-0.2, -0.15) is 0 Å². The number of halogens is 2. The van der Waals surface area contributed by atoms with Crippen LogP contribution in [-0.2, 0) is 0 Å². The van der Waals surface area contributed by atoms with Gasteiger partial charge in [0.1, 0.15) is 0 Å². The molecule has 1 fully saturated rings. The van der Waals surface area contributed by atoms with Gasteiger partial charge < -0.3 is 10.6 Å². The Bertz CT molecular complexity index is 346. The molecule has 1 aromatic carbocycles. The summed E-state index contributed by atoms with van der Waals surface area (Å²) in [5, 5.41) is 0. The van der Waals surface area contributed by atoms with Crippen LogP contribution in [0.25, 0.3) is 0 Å². The first-order valence-electron chi connectivity index (χ1n) is 6.79. The molecule has 110 valence electrons. The number of nitrogens with zero attached hydrogens (tertiary/aromatic N) is 1. The number of benzene rings is 1. The van der Waals surface area contributed by atoms with Crippen LogP contribution in [0.5, 0.6) is 0 Å². The van der Waals surface area contributed by atoms with Crippen LogP contribution in [0.2, 0.25) is 0 Å². The normalized spacial score (nSPS) is 16.5. The van der Waals surface area contributed by atoms with Gasteiger partial charge in [0, 0.05) is 24.8 Å². The second kappa shape index (κ2) is 8.68. The van der Waals surface area contributed by atoms with Gasteiger partial charge in [0.15, 0.2) is 0 Å². The van der Waals surface area contributed by atoms with E-state index in [1.165, 1.54) is 43.6 Å². The molecule has 1 aliphatic heterocycles. The predicted molar refractivity (Wildman–Crippen MR) is 88.8 cm³/mol. The summed E-state index contributed by atoms with van der Waals surface area (Å²) in [7, 11) is 0. The van der Waals surface area contributed by atoms with Crippen LogP contribution in [0.4, 0.5) is 5.69 Å². The van der Waals surface area contributed by atoms with E-state index in [1.54, 1.807) is 0 Å². The molecule has 0 saturated carbocycles. The molecule has 2 rings (SSSR count). The van der Waals surface area contributed by atoms with Crippen LogP contribution < -0.4 is 10.6 Å². The van der Waals surface area contributed by atoms with E-state index in [-0.39, 0.29) is 30.9 Å². The van der Waals surface area contributed by atoms with Crippen molar-refractivity contribution in [3.8, 4) is 0 Å². The molecule has 1 heterocycles. The van der Waals surface area contributed by atoms with Crippen molar-refractivity contribution in [2.45, 2.75) is 39.2 Å². The summed E-state index contributed by atoms with van der Waals surface area (Å²) < 4.78 is 0. The molecule has 0 spiro atoms.